The quantitative estimate of drug-likeness (QED) is 0.449. The second kappa shape index (κ2) is 7.33. The lowest BCUT2D eigenvalue weighted by molar-refractivity contribution is -0.106. The fourth-order valence-corrected chi connectivity index (χ4v) is 3.94. The van der Waals surface area contributed by atoms with Crippen molar-refractivity contribution in [2.75, 3.05) is 6.61 Å². The molecule has 0 fully saturated rings. The molecule has 0 aliphatic heterocycles. The van der Waals surface area contributed by atoms with Gasteiger partial charge in [-0.2, -0.15) is 0 Å². The predicted octanol–water partition coefficient (Wildman–Crippen LogP) is 6.36. The molecule has 0 aromatic heterocycles. The van der Waals surface area contributed by atoms with Crippen LogP contribution in [0.5, 0.6) is 5.75 Å². The van der Waals surface area contributed by atoms with E-state index in [1.165, 1.54) is 5.57 Å². The first-order valence-corrected chi connectivity index (χ1v) is 9.05. The Morgan fingerprint density at radius 2 is 2.08 bits per heavy atom. The van der Waals surface area contributed by atoms with Crippen LogP contribution < -0.4 is 4.74 Å². The van der Waals surface area contributed by atoms with Crippen LogP contribution in [0.2, 0.25) is 5.02 Å². The summed E-state index contributed by atoms with van der Waals surface area (Å²) in [5, 5.41) is 0.517. The summed E-state index contributed by atoms with van der Waals surface area (Å²) < 4.78 is 19.8. The number of hydrogen-bond acceptors (Lipinski definition) is 2. The minimum Gasteiger partial charge on any atom is -0.492 e. The van der Waals surface area contributed by atoms with E-state index in [9.17, 15) is 9.18 Å². The van der Waals surface area contributed by atoms with Gasteiger partial charge in [-0.1, -0.05) is 45.4 Å². The SMILES string of the molecule is CCOc1c(C(C)=C(F)C=O)cc2c(c1Cl)C(C)(C)CC=C2C(C)C. The van der Waals surface area contributed by atoms with Gasteiger partial charge in [0.15, 0.2) is 12.1 Å². The first-order valence-electron chi connectivity index (χ1n) is 8.67. The van der Waals surface area contributed by atoms with Gasteiger partial charge in [0, 0.05) is 5.56 Å². The third-order valence-electron chi connectivity index (χ3n) is 4.82. The van der Waals surface area contributed by atoms with Crippen molar-refractivity contribution >= 4 is 29.0 Å². The maximum Gasteiger partial charge on any atom is 0.178 e. The molecule has 4 heteroatoms. The Labute approximate surface area is 154 Å². The van der Waals surface area contributed by atoms with Gasteiger partial charge in [0.1, 0.15) is 5.75 Å². The van der Waals surface area contributed by atoms with Gasteiger partial charge in [-0.05, 0) is 59.9 Å². The molecule has 25 heavy (non-hydrogen) atoms. The molecule has 0 amide bonds. The van der Waals surface area contributed by atoms with Crippen molar-refractivity contribution in [1.29, 1.82) is 0 Å². The van der Waals surface area contributed by atoms with Crippen molar-refractivity contribution in [3.8, 4) is 5.75 Å². The summed E-state index contributed by atoms with van der Waals surface area (Å²) >= 11 is 6.77. The van der Waals surface area contributed by atoms with E-state index in [1.54, 1.807) is 6.92 Å². The topological polar surface area (TPSA) is 26.3 Å². The van der Waals surface area contributed by atoms with E-state index in [2.05, 4.69) is 33.8 Å². The molecule has 0 saturated carbocycles. The summed E-state index contributed by atoms with van der Waals surface area (Å²) in [6.45, 7) is 12.4. The third-order valence-corrected chi connectivity index (χ3v) is 5.18. The van der Waals surface area contributed by atoms with Gasteiger partial charge in [-0.3, -0.25) is 4.79 Å². The number of aldehydes is 1. The Hall–Kier alpha value is -1.61. The van der Waals surface area contributed by atoms with Crippen molar-refractivity contribution < 1.29 is 13.9 Å². The van der Waals surface area contributed by atoms with Crippen molar-refractivity contribution in [3.05, 3.63) is 39.7 Å². The maximum atomic E-state index is 14.0. The number of benzene rings is 1. The lowest BCUT2D eigenvalue weighted by Gasteiger charge is -2.35. The lowest BCUT2D eigenvalue weighted by atomic mass is 9.70. The van der Waals surface area contributed by atoms with Crippen molar-refractivity contribution in [2.45, 2.75) is 53.4 Å². The largest absolute Gasteiger partial charge is 0.492 e. The molecule has 0 bridgehead atoms. The van der Waals surface area contributed by atoms with Gasteiger partial charge >= 0.3 is 0 Å². The molecule has 0 unspecified atom stereocenters. The van der Waals surface area contributed by atoms with E-state index in [4.69, 9.17) is 16.3 Å². The molecule has 0 radical (unpaired) electrons. The van der Waals surface area contributed by atoms with Gasteiger partial charge < -0.3 is 4.74 Å². The molecule has 0 atom stereocenters. The van der Waals surface area contributed by atoms with Crippen LogP contribution in [-0.2, 0) is 10.2 Å². The molecule has 1 aromatic carbocycles. The van der Waals surface area contributed by atoms with Crippen LogP contribution in [0.4, 0.5) is 4.39 Å². The van der Waals surface area contributed by atoms with Gasteiger partial charge in [0.2, 0.25) is 0 Å². The first kappa shape index (κ1) is 19.7. The molecule has 1 aliphatic rings. The molecule has 0 N–H and O–H groups in total. The fourth-order valence-electron chi connectivity index (χ4n) is 3.43. The summed E-state index contributed by atoms with van der Waals surface area (Å²) in [6.07, 6.45) is 3.35. The van der Waals surface area contributed by atoms with Crippen LogP contribution in [0, 0.1) is 5.92 Å². The Morgan fingerprint density at radius 3 is 2.60 bits per heavy atom. The fraction of sp³-hybridized carbons (Fsp3) is 0.476. The Kier molecular flexibility index (Phi) is 5.78. The highest BCUT2D eigenvalue weighted by Gasteiger charge is 2.34. The number of carbonyl (C=O) groups is 1. The molecule has 0 heterocycles. The minimum atomic E-state index is -0.804. The molecule has 1 aliphatic carbocycles. The third kappa shape index (κ3) is 3.52. The highest BCUT2D eigenvalue weighted by molar-refractivity contribution is 6.33. The predicted molar refractivity (Wildman–Crippen MR) is 103 cm³/mol. The van der Waals surface area contributed by atoms with Crippen LogP contribution in [-0.4, -0.2) is 12.9 Å². The number of allylic oxidation sites excluding steroid dienone is 4. The molecule has 0 spiro atoms. The van der Waals surface area contributed by atoms with E-state index >= 15 is 0 Å². The maximum absolute atomic E-state index is 14.0. The molecule has 2 nitrogen and oxygen atoms in total. The van der Waals surface area contributed by atoms with Gasteiger partial charge in [-0.15, -0.1) is 0 Å². The highest BCUT2D eigenvalue weighted by Crippen LogP contribution is 2.50. The van der Waals surface area contributed by atoms with E-state index in [1.807, 2.05) is 13.0 Å². The van der Waals surface area contributed by atoms with Gasteiger partial charge in [0.25, 0.3) is 0 Å². The smallest absolute Gasteiger partial charge is 0.178 e. The number of fused-ring (bicyclic) bond motifs is 1. The van der Waals surface area contributed by atoms with E-state index in [-0.39, 0.29) is 17.3 Å². The monoisotopic (exact) mass is 364 g/mol. The second-order valence-corrected chi connectivity index (χ2v) is 7.79. The summed E-state index contributed by atoms with van der Waals surface area (Å²) in [6, 6.07) is 1.93. The average molecular weight is 365 g/mol. The summed E-state index contributed by atoms with van der Waals surface area (Å²) in [7, 11) is 0. The zero-order valence-electron chi connectivity index (χ0n) is 15.8. The standard InChI is InChI=1S/C21H26ClFO2/c1-7-25-20-15(13(4)17(23)11-24)10-16-14(12(2)3)8-9-21(5,6)18(16)19(20)22/h8,10-12H,7,9H2,1-6H3. The zero-order valence-corrected chi connectivity index (χ0v) is 16.6. The summed E-state index contributed by atoms with van der Waals surface area (Å²) in [5.74, 6) is -0.0328. The number of hydrogen-bond donors (Lipinski definition) is 0. The number of halogens is 2. The molecule has 0 saturated heterocycles. The second-order valence-electron chi connectivity index (χ2n) is 7.42. The van der Waals surface area contributed by atoms with Crippen molar-refractivity contribution in [2.24, 2.45) is 5.92 Å². The number of carbonyl (C=O) groups excluding carboxylic acids is 1. The molecule has 2 rings (SSSR count). The molecular formula is C21H26ClFO2. The number of ether oxygens (including phenoxy) is 1. The van der Waals surface area contributed by atoms with Crippen molar-refractivity contribution in [3.63, 3.8) is 0 Å². The molecule has 1 aromatic rings. The normalized spacial score (nSPS) is 16.9. The minimum absolute atomic E-state index is 0.143. The lowest BCUT2D eigenvalue weighted by Crippen LogP contribution is -2.24. The van der Waals surface area contributed by atoms with Gasteiger partial charge in [-0.25, -0.2) is 4.39 Å². The average Bonchev–Trinajstić information content (AvgIpc) is 2.54. The van der Waals surface area contributed by atoms with Gasteiger partial charge in [0.05, 0.1) is 11.6 Å². The summed E-state index contributed by atoms with van der Waals surface area (Å²) in [5.41, 5.74) is 3.89. The molecule has 136 valence electrons. The van der Waals surface area contributed by atoms with E-state index < -0.39 is 5.83 Å². The Morgan fingerprint density at radius 1 is 1.44 bits per heavy atom. The number of rotatable bonds is 5. The first-order chi connectivity index (χ1) is 11.7. The Balaban J connectivity index is 2.90. The van der Waals surface area contributed by atoms with Crippen LogP contribution in [0.3, 0.4) is 0 Å². The van der Waals surface area contributed by atoms with E-state index in [0.29, 0.717) is 28.9 Å². The molecular weight excluding hydrogens is 339 g/mol. The Bertz CT molecular complexity index is 758. The van der Waals surface area contributed by atoms with Crippen LogP contribution in [0.1, 0.15) is 64.7 Å². The van der Waals surface area contributed by atoms with Crippen LogP contribution in [0.25, 0.3) is 11.1 Å². The van der Waals surface area contributed by atoms with Crippen LogP contribution >= 0.6 is 11.6 Å². The van der Waals surface area contributed by atoms with Crippen molar-refractivity contribution in [1.82, 2.24) is 0 Å². The highest BCUT2D eigenvalue weighted by atomic mass is 35.5. The summed E-state index contributed by atoms with van der Waals surface area (Å²) in [4.78, 5) is 10.9. The van der Waals surface area contributed by atoms with Crippen LogP contribution in [0.15, 0.2) is 18.0 Å². The zero-order chi connectivity index (χ0) is 18.9. The van der Waals surface area contributed by atoms with E-state index in [0.717, 1.165) is 17.5 Å².